The van der Waals surface area contributed by atoms with Gasteiger partial charge in [-0.15, -0.1) is 0 Å². The molecule has 5 nitrogen and oxygen atoms in total. The van der Waals surface area contributed by atoms with Crippen LogP contribution in [0.3, 0.4) is 0 Å². The van der Waals surface area contributed by atoms with Crippen LogP contribution in [0.1, 0.15) is 48.4 Å². The predicted molar refractivity (Wildman–Crippen MR) is 62.2 cm³/mol. The zero-order chi connectivity index (χ0) is 12.3. The number of nitrogens with zero attached hydrogens (tertiary/aromatic N) is 1. The summed E-state index contributed by atoms with van der Waals surface area (Å²) in [4.78, 5) is 10.6. The lowest BCUT2D eigenvalue weighted by atomic mass is 10.0. The van der Waals surface area contributed by atoms with E-state index < -0.39 is 16.8 Å². The Bertz CT molecular complexity index is 423. The van der Waals surface area contributed by atoms with Gasteiger partial charge in [-0.1, -0.05) is 24.4 Å². The zero-order valence-corrected chi connectivity index (χ0v) is 10.2. The van der Waals surface area contributed by atoms with Gasteiger partial charge in [0.1, 0.15) is 5.76 Å². The van der Waals surface area contributed by atoms with E-state index in [2.05, 4.69) is 5.16 Å². The van der Waals surface area contributed by atoms with Crippen molar-refractivity contribution in [2.24, 2.45) is 0 Å². The number of aromatic carboxylic acids is 1. The minimum Gasteiger partial charge on any atom is -0.476 e. The summed E-state index contributed by atoms with van der Waals surface area (Å²) in [5.74, 6) is -0.458. The Morgan fingerprint density at radius 1 is 1.47 bits per heavy atom. The van der Waals surface area contributed by atoms with Crippen LogP contribution in [-0.2, 0) is 16.6 Å². The molecule has 1 N–H and O–H groups in total. The Kier molecular flexibility index (Phi) is 3.93. The van der Waals surface area contributed by atoms with Crippen molar-refractivity contribution in [2.45, 2.75) is 43.1 Å². The molecule has 0 radical (unpaired) electrons. The van der Waals surface area contributed by atoms with Crippen LogP contribution in [0.15, 0.2) is 10.6 Å². The minimum atomic E-state index is -1.12. The van der Waals surface area contributed by atoms with E-state index in [4.69, 9.17) is 9.63 Å². The molecule has 1 aromatic heterocycles. The second kappa shape index (κ2) is 5.44. The second-order valence-electron chi connectivity index (χ2n) is 4.27. The van der Waals surface area contributed by atoms with E-state index in [9.17, 15) is 9.00 Å². The van der Waals surface area contributed by atoms with E-state index in [0.29, 0.717) is 5.76 Å². The standard InChI is InChI=1S/C11H15NO4S/c13-11(14)10-6-8(16-12-10)7-17(15)9-4-2-1-3-5-9/h6,9H,1-5,7H2,(H,13,14). The summed E-state index contributed by atoms with van der Waals surface area (Å²) in [6.45, 7) is 0. The van der Waals surface area contributed by atoms with E-state index in [-0.39, 0.29) is 16.7 Å². The lowest BCUT2D eigenvalue weighted by Crippen LogP contribution is -2.19. The van der Waals surface area contributed by atoms with Gasteiger partial charge in [-0.05, 0) is 12.8 Å². The molecule has 1 aliphatic carbocycles. The van der Waals surface area contributed by atoms with Crippen LogP contribution in [-0.4, -0.2) is 25.7 Å². The first kappa shape index (κ1) is 12.3. The minimum absolute atomic E-state index is 0.124. The molecule has 0 saturated heterocycles. The molecule has 0 bridgehead atoms. The molecule has 0 amide bonds. The third kappa shape index (κ3) is 3.15. The van der Waals surface area contributed by atoms with Gasteiger partial charge in [-0.3, -0.25) is 4.21 Å². The van der Waals surface area contributed by atoms with Crippen molar-refractivity contribution in [3.63, 3.8) is 0 Å². The molecule has 17 heavy (non-hydrogen) atoms. The van der Waals surface area contributed by atoms with Crippen LogP contribution in [0, 0.1) is 0 Å². The van der Waals surface area contributed by atoms with Crippen LogP contribution in [0.25, 0.3) is 0 Å². The van der Waals surface area contributed by atoms with E-state index in [1.807, 2.05) is 0 Å². The Morgan fingerprint density at radius 3 is 2.76 bits per heavy atom. The molecule has 6 heteroatoms. The van der Waals surface area contributed by atoms with Crippen molar-refractivity contribution in [3.05, 3.63) is 17.5 Å². The molecule has 0 aliphatic heterocycles. The molecule has 2 rings (SSSR count). The topological polar surface area (TPSA) is 80.4 Å². The normalized spacial score (nSPS) is 19.1. The Morgan fingerprint density at radius 2 is 2.18 bits per heavy atom. The summed E-state index contributed by atoms with van der Waals surface area (Å²) < 4.78 is 16.9. The molecule has 1 aromatic rings. The summed E-state index contributed by atoms with van der Waals surface area (Å²) in [6, 6.07) is 1.35. The highest BCUT2D eigenvalue weighted by Crippen LogP contribution is 2.23. The maximum atomic E-state index is 12.0. The van der Waals surface area contributed by atoms with Crippen LogP contribution in [0.2, 0.25) is 0 Å². The van der Waals surface area contributed by atoms with Gasteiger partial charge >= 0.3 is 5.97 Å². The largest absolute Gasteiger partial charge is 0.476 e. The average molecular weight is 257 g/mol. The number of hydrogen-bond donors (Lipinski definition) is 1. The number of carboxylic acid groups (broad SMARTS) is 1. The first-order valence-electron chi connectivity index (χ1n) is 5.73. The third-order valence-electron chi connectivity index (χ3n) is 2.99. The van der Waals surface area contributed by atoms with Gasteiger partial charge in [0, 0.05) is 22.1 Å². The lowest BCUT2D eigenvalue weighted by molar-refractivity contribution is 0.0685. The summed E-state index contributed by atoms with van der Waals surface area (Å²) in [5, 5.41) is 12.3. The first-order valence-corrected chi connectivity index (χ1v) is 7.11. The summed E-state index contributed by atoms with van der Waals surface area (Å²) in [5.41, 5.74) is -0.124. The molecule has 1 atom stereocenters. The molecule has 1 unspecified atom stereocenters. The molecule has 94 valence electrons. The molecular weight excluding hydrogens is 242 g/mol. The fraction of sp³-hybridized carbons (Fsp3) is 0.636. The molecule has 0 aromatic carbocycles. The maximum absolute atomic E-state index is 12.0. The number of aromatic nitrogens is 1. The van der Waals surface area contributed by atoms with Crippen LogP contribution < -0.4 is 0 Å². The SMILES string of the molecule is O=C(O)c1cc(CS(=O)C2CCCCC2)on1. The quantitative estimate of drug-likeness (QED) is 0.891. The number of rotatable bonds is 4. The summed E-state index contributed by atoms with van der Waals surface area (Å²) in [6.07, 6.45) is 5.47. The fourth-order valence-corrected chi connectivity index (χ4v) is 3.58. The highest BCUT2D eigenvalue weighted by Gasteiger charge is 2.21. The van der Waals surface area contributed by atoms with E-state index in [0.717, 1.165) is 25.7 Å². The van der Waals surface area contributed by atoms with E-state index in [1.54, 1.807) is 0 Å². The van der Waals surface area contributed by atoms with Crippen molar-refractivity contribution in [2.75, 3.05) is 0 Å². The molecular formula is C11H15NO4S. The van der Waals surface area contributed by atoms with Gasteiger partial charge in [-0.25, -0.2) is 4.79 Å². The lowest BCUT2D eigenvalue weighted by Gasteiger charge is -2.20. The van der Waals surface area contributed by atoms with Crippen molar-refractivity contribution in [1.29, 1.82) is 0 Å². The molecule has 0 spiro atoms. The van der Waals surface area contributed by atoms with E-state index in [1.165, 1.54) is 12.5 Å². The summed E-state index contributed by atoms with van der Waals surface area (Å²) >= 11 is 0. The maximum Gasteiger partial charge on any atom is 0.358 e. The fourth-order valence-electron chi connectivity index (χ4n) is 2.07. The van der Waals surface area contributed by atoms with Crippen LogP contribution >= 0.6 is 0 Å². The molecule has 1 heterocycles. The monoisotopic (exact) mass is 257 g/mol. The highest BCUT2D eigenvalue weighted by atomic mass is 32.2. The van der Waals surface area contributed by atoms with Crippen molar-refractivity contribution in [1.82, 2.24) is 5.16 Å². The Hall–Kier alpha value is -1.17. The number of carboxylic acids is 1. The zero-order valence-electron chi connectivity index (χ0n) is 9.42. The number of hydrogen-bond acceptors (Lipinski definition) is 4. The van der Waals surface area contributed by atoms with Gasteiger partial charge in [0.05, 0.1) is 5.75 Å². The van der Waals surface area contributed by atoms with Gasteiger partial charge in [0.2, 0.25) is 0 Å². The smallest absolute Gasteiger partial charge is 0.358 e. The van der Waals surface area contributed by atoms with Crippen molar-refractivity contribution >= 4 is 16.8 Å². The second-order valence-corrected chi connectivity index (χ2v) is 5.99. The highest BCUT2D eigenvalue weighted by molar-refractivity contribution is 7.84. The first-order chi connectivity index (χ1) is 8.16. The summed E-state index contributed by atoms with van der Waals surface area (Å²) in [7, 11) is -0.984. The Labute approximate surface area is 102 Å². The van der Waals surface area contributed by atoms with Crippen molar-refractivity contribution < 1.29 is 18.6 Å². The molecule has 1 fully saturated rings. The predicted octanol–water partition coefficient (Wildman–Crippen LogP) is 1.95. The van der Waals surface area contributed by atoms with Crippen LogP contribution in [0.4, 0.5) is 0 Å². The van der Waals surface area contributed by atoms with Crippen LogP contribution in [0.5, 0.6) is 0 Å². The Balaban J connectivity index is 1.94. The average Bonchev–Trinajstić information content (AvgIpc) is 2.79. The molecule has 1 aliphatic rings. The number of carbonyl (C=O) groups is 1. The van der Waals surface area contributed by atoms with Gasteiger partial charge in [0.15, 0.2) is 5.69 Å². The van der Waals surface area contributed by atoms with Gasteiger partial charge in [-0.2, -0.15) is 0 Å². The third-order valence-corrected chi connectivity index (χ3v) is 4.77. The van der Waals surface area contributed by atoms with Crippen molar-refractivity contribution in [3.8, 4) is 0 Å². The molecule has 1 saturated carbocycles. The van der Waals surface area contributed by atoms with Gasteiger partial charge < -0.3 is 9.63 Å². The van der Waals surface area contributed by atoms with E-state index >= 15 is 0 Å². The van der Waals surface area contributed by atoms with Gasteiger partial charge in [0.25, 0.3) is 0 Å².